The molecule has 0 aliphatic heterocycles. The van der Waals surface area contributed by atoms with Crippen LogP contribution in [0.15, 0.2) is 95.8 Å². The number of hydrogen-bond donors (Lipinski definition) is 3. The minimum absolute atomic E-state index is 0.0199. The fourth-order valence-electron chi connectivity index (χ4n) is 5.95. The molecule has 68 heavy (non-hydrogen) atoms. The van der Waals surface area contributed by atoms with Crippen molar-refractivity contribution in [1.29, 1.82) is 5.26 Å². The van der Waals surface area contributed by atoms with Crippen LogP contribution in [0, 0.1) is 23.2 Å². The fourth-order valence-corrected chi connectivity index (χ4v) is 7.60. The summed E-state index contributed by atoms with van der Waals surface area (Å²) in [6.07, 6.45) is 2.16. The van der Waals surface area contributed by atoms with Crippen LogP contribution in [0.25, 0.3) is 22.3 Å². The molecule has 26 heteroatoms. The van der Waals surface area contributed by atoms with Crippen LogP contribution in [0.4, 0.5) is 36.8 Å². The lowest BCUT2D eigenvalue weighted by molar-refractivity contribution is 0.141. The van der Waals surface area contributed by atoms with Gasteiger partial charge in [-0.1, -0.05) is 27.7 Å². The first-order chi connectivity index (χ1) is 32.0. The predicted octanol–water partition coefficient (Wildman–Crippen LogP) is 8.20. The average Bonchev–Trinajstić information content (AvgIpc) is 3.29. The van der Waals surface area contributed by atoms with Crippen molar-refractivity contribution in [2.75, 3.05) is 19.5 Å². The van der Waals surface area contributed by atoms with Gasteiger partial charge in [-0.25, -0.2) is 69.4 Å². The number of nitrogens with two attached hydrogens (primary N) is 1. The molecule has 0 saturated heterocycles. The fraction of sp³-hybridized carbons (Fsp3) is 0.238. The number of hydrogen-bond acceptors (Lipinski definition) is 15. The summed E-state index contributed by atoms with van der Waals surface area (Å²) in [5, 5.41) is 13.9. The number of nitrogens with one attached hydrogen (secondary N) is 2. The van der Waals surface area contributed by atoms with Gasteiger partial charge in [0.25, 0.3) is 39.2 Å². The van der Waals surface area contributed by atoms with Gasteiger partial charge < -0.3 is 19.5 Å². The van der Waals surface area contributed by atoms with Crippen molar-refractivity contribution in [3.63, 3.8) is 0 Å². The number of aromatic nitrogens is 6. The smallest absolute Gasteiger partial charge is 0.333 e. The maximum absolute atomic E-state index is 14.4. The number of primary sulfonamides is 1. The quantitative estimate of drug-likeness (QED) is 0.0727. The number of alkyl halides is 4. The molecule has 0 unspecified atom stereocenters. The van der Waals surface area contributed by atoms with Gasteiger partial charge in [-0.05, 0) is 64.9 Å². The average molecular weight is 991 g/mol. The number of benzene rings is 2. The Morgan fingerprint density at radius 3 is 1.57 bits per heavy atom. The minimum atomic E-state index is -4.80. The van der Waals surface area contributed by atoms with E-state index in [-0.39, 0.29) is 34.8 Å². The summed E-state index contributed by atoms with van der Waals surface area (Å²) in [4.78, 5) is 33.8. The lowest BCUT2D eigenvalue weighted by atomic mass is 9.94. The molecule has 0 atom stereocenters. The van der Waals surface area contributed by atoms with Crippen molar-refractivity contribution in [3.8, 4) is 46.0 Å². The summed E-state index contributed by atoms with van der Waals surface area (Å²) < 4.78 is 142. The second kappa shape index (κ2) is 23.3. The van der Waals surface area contributed by atoms with E-state index in [0.717, 1.165) is 30.9 Å². The maximum atomic E-state index is 14.4. The number of carbonyl (C=O) groups is 1. The van der Waals surface area contributed by atoms with Gasteiger partial charge >= 0.3 is 6.03 Å². The van der Waals surface area contributed by atoms with E-state index in [9.17, 15) is 48.0 Å². The summed E-state index contributed by atoms with van der Waals surface area (Å²) in [6, 6.07) is 10.3. The second-order valence-corrected chi connectivity index (χ2v) is 17.2. The number of nitrogens with zero attached hydrogens (tertiary/aromatic N) is 7. The van der Waals surface area contributed by atoms with E-state index >= 15 is 0 Å². The normalized spacial score (nSPS) is 11.2. The standard InChI is InChI=1S/C21H20F3N5O4S.C16H15FN2O2.C5H5F2N3O2S/c1-11(2)14-9-13(22)10-15(12-4-5-25-16(8-12)33-3)17(14)28-21(30)29-34(31,32)20-18(19(23)24)26-6-7-27-20;1-10(2)13-7-12(17)8-14(16(13)21-9-18)11-4-5-19-15(6-11)20-3;6-4(7)3-5(13(8,11)12)10-2-1-9-3/h4-11,19H,1-3H3,(H2,28,29,30);4-8,10H,1-3H3;1-2,4H,(H2,8,11,12). The van der Waals surface area contributed by atoms with Crippen LogP contribution in [0.3, 0.4) is 0 Å². The molecular weight excluding hydrogens is 951 g/mol. The van der Waals surface area contributed by atoms with Gasteiger partial charge in [0, 0.05) is 66.0 Å². The first-order valence-electron chi connectivity index (χ1n) is 19.3. The zero-order valence-corrected chi connectivity index (χ0v) is 38.1. The summed E-state index contributed by atoms with van der Waals surface area (Å²) >= 11 is 0. The third kappa shape index (κ3) is 13.8. The van der Waals surface area contributed by atoms with E-state index in [2.05, 4.69) is 40.4 Å². The minimum Gasteiger partial charge on any atom is -0.481 e. The van der Waals surface area contributed by atoms with E-state index in [4.69, 9.17) is 19.5 Å². The number of halogens is 6. The zero-order valence-electron chi connectivity index (χ0n) is 36.5. The Hall–Kier alpha value is -7.50. The molecule has 4 heterocycles. The largest absolute Gasteiger partial charge is 0.481 e. The molecule has 0 aliphatic rings. The number of nitriles is 1. The topological polar surface area (TPSA) is 264 Å². The third-order valence-electron chi connectivity index (χ3n) is 8.90. The molecule has 0 saturated carbocycles. The Balaban J connectivity index is 0.000000250. The van der Waals surface area contributed by atoms with Gasteiger partial charge in [0.05, 0.1) is 19.9 Å². The highest BCUT2D eigenvalue weighted by Gasteiger charge is 2.29. The van der Waals surface area contributed by atoms with Crippen molar-refractivity contribution >= 4 is 31.8 Å². The molecule has 0 spiro atoms. The van der Waals surface area contributed by atoms with Crippen molar-refractivity contribution in [1.82, 2.24) is 34.6 Å². The molecule has 4 aromatic heterocycles. The SMILES string of the molecule is COc1cc(-c2cc(F)cc(C(C)C)c2NC(=O)NS(=O)(=O)c2nccnc2C(F)F)ccn1.COc1cc(-c2cc(F)cc(C(C)C)c2OC#N)ccn1.NS(=O)(=O)c1nccnc1C(F)F. The molecule has 6 rings (SSSR count). The van der Waals surface area contributed by atoms with Gasteiger partial charge in [0.15, 0.2) is 10.8 Å². The Bertz CT molecular complexity index is 3020. The number of anilines is 1. The lowest BCUT2D eigenvalue weighted by Crippen LogP contribution is -2.36. The van der Waals surface area contributed by atoms with Crippen molar-refractivity contribution < 1.29 is 62.2 Å². The Morgan fingerprint density at radius 2 is 1.12 bits per heavy atom. The van der Waals surface area contributed by atoms with Crippen LogP contribution in [0.2, 0.25) is 0 Å². The third-order valence-corrected chi connectivity index (χ3v) is 11.0. The molecule has 0 radical (unpaired) electrons. The molecule has 4 N–H and O–H groups in total. The van der Waals surface area contributed by atoms with Crippen LogP contribution in [0.1, 0.15) is 74.9 Å². The van der Waals surface area contributed by atoms with E-state index in [0.29, 0.717) is 39.4 Å². The summed E-state index contributed by atoms with van der Waals surface area (Å²) in [7, 11) is -6.13. The number of methoxy groups -OCH3 is 2. The number of urea groups is 1. The highest BCUT2D eigenvalue weighted by molar-refractivity contribution is 7.90. The monoisotopic (exact) mass is 990 g/mol. The molecule has 0 fully saturated rings. The van der Waals surface area contributed by atoms with Gasteiger partial charge in [-0.15, -0.1) is 5.26 Å². The highest BCUT2D eigenvalue weighted by atomic mass is 32.2. The van der Waals surface area contributed by atoms with Crippen LogP contribution >= 0.6 is 0 Å². The van der Waals surface area contributed by atoms with Gasteiger partial charge in [-0.3, -0.25) is 9.97 Å². The van der Waals surface area contributed by atoms with E-state index in [1.165, 1.54) is 44.7 Å². The Morgan fingerprint density at radius 1 is 0.662 bits per heavy atom. The maximum Gasteiger partial charge on any atom is 0.333 e. The first kappa shape index (κ1) is 53.1. The van der Waals surface area contributed by atoms with E-state index < -0.39 is 66.2 Å². The van der Waals surface area contributed by atoms with Crippen molar-refractivity contribution in [2.45, 2.75) is 62.4 Å². The number of pyridine rings is 2. The molecule has 0 bridgehead atoms. The molecule has 360 valence electrons. The first-order valence-corrected chi connectivity index (χ1v) is 22.3. The molecule has 6 aromatic rings. The molecule has 0 aliphatic carbocycles. The summed E-state index contributed by atoms with van der Waals surface area (Å²) in [6.45, 7) is 7.33. The van der Waals surface area contributed by atoms with Crippen LogP contribution in [-0.2, 0) is 20.0 Å². The number of rotatable bonds is 13. The lowest BCUT2D eigenvalue weighted by Gasteiger charge is -2.19. The van der Waals surface area contributed by atoms with E-state index in [1.54, 1.807) is 49.2 Å². The van der Waals surface area contributed by atoms with Crippen molar-refractivity contribution in [3.05, 3.63) is 120 Å². The van der Waals surface area contributed by atoms with Crippen LogP contribution in [0.5, 0.6) is 17.5 Å². The van der Waals surface area contributed by atoms with Gasteiger partial charge in [-0.2, -0.15) is 8.42 Å². The number of amides is 2. The van der Waals surface area contributed by atoms with E-state index in [1.807, 2.05) is 13.8 Å². The number of ether oxygens (including phenoxy) is 3. The number of sulfonamides is 2. The Kier molecular flexibility index (Phi) is 18.2. The molecular formula is C42H40F6N10O8S2. The Labute approximate surface area is 385 Å². The number of carbonyl (C=O) groups excluding carboxylic acids is 1. The second-order valence-electron chi connectivity index (χ2n) is 14.2. The van der Waals surface area contributed by atoms with Gasteiger partial charge in [0.1, 0.15) is 23.0 Å². The molecule has 2 aromatic carbocycles. The highest BCUT2D eigenvalue weighted by Crippen LogP contribution is 2.39. The molecule has 2 amide bonds. The van der Waals surface area contributed by atoms with Crippen molar-refractivity contribution in [2.24, 2.45) is 5.14 Å². The summed E-state index contributed by atoms with van der Waals surface area (Å²) in [5.41, 5.74) is 0.931. The summed E-state index contributed by atoms with van der Waals surface area (Å²) in [5.74, 6) is -0.230. The van der Waals surface area contributed by atoms with Crippen LogP contribution < -0.4 is 29.4 Å². The zero-order chi connectivity index (χ0) is 50.5. The van der Waals surface area contributed by atoms with Crippen LogP contribution in [-0.4, -0.2) is 67.0 Å². The van der Waals surface area contributed by atoms with Gasteiger partial charge in [0.2, 0.25) is 16.8 Å². The molecule has 18 nitrogen and oxygen atoms in total. The predicted molar refractivity (Wildman–Crippen MR) is 231 cm³/mol.